The molecule has 2 aromatic rings. The van der Waals surface area contributed by atoms with Crippen molar-refractivity contribution in [1.29, 1.82) is 0 Å². The van der Waals surface area contributed by atoms with Gasteiger partial charge in [0, 0.05) is 5.56 Å². The lowest BCUT2D eigenvalue weighted by atomic mass is 9.95. The van der Waals surface area contributed by atoms with Crippen molar-refractivity contribution in [2.75, 3.05) is 20.8 Å². The first-order valence-corrected chi connectivity index (χ1v) is 7.88. The van der Waals surface area contributed by atoms with E-state index in [0.29, 0.717) is 23.5 Å². The van der Waals surface area contributed by atoms with Crippen molar-refractivity contribution in [3.63, 3.8) is 0 Å². The maximum Gasteiger partial charge on any atom is 0.251 e. The predicted molar refractivity (Wildman–Crippen MR) is 90.5 cm³/mol. The van der Waals surface area contributed by atoms with Crippen molar-refractivity contribution in [2.45, 2.75) is 18.4 Å². The lowest BCUT2D eigenvalue weighted by molar-refractivity contribution is 0.0368. The van der Waals surface area contributed by atoms with Crippen LogP contribution in [0.25, 0.3) is 0 Å². The van der Waals surface area contributed by atoms with Crippen molar-refractivity contribution >= 4 is 5.91 Å². The average molecular weight is 327 g/mol. The van der Waals surface area contributed by atoms with Crippen LogP contribution >= 0.6 is 0 Å². The number of carbonyl (C=O) groups is 1. The Bertz CT molecular complexity index is 745. The summed E-state index contributed by atoms with van der Waals surface area (Å²) < 4.78 is 10.6. The molecule has 1 atom stereocenters. The summed E-state index contributed by atoms with van der Waals surface area (Å²) in [5, 5.41) is 13.8. The van der Waals surface area contributed by atoms with E-state index in [2.05, 4.69) is 5.32 Å². The van der Waals surface area contributed by atoms with Crippen LogP contribution in [0.3, 0.4) is 0 Å². The molecule has 24 heavy (non-hydrogen) atoms. The predicted octanol–water partition coefficient (Wildman–Crippen LogP) is 2.27. The number of amides is 1. The average Bonchev–Trinajstić information content (AvgIpc) is 2.95. The molecular weight excluding hydrogens is 306 g/mol. The summed E-state index contributed by atoms with van der Waals surface area (Å²) in [5.41, 5.74) is 1.28. The number of aryl methyl sites for hydroxylation is 1. The van der Waals surface area contributed by atoms with Crippen LogP contribution in [0.2, 0.25) is 0 Å². The van der Waals surface area contributed by atoms with Crippen molar-refractivity contribution in [3.8, 4) is 11.5 Å². The van der Waals surface area contributed by atoms with Gasteiger partial charge in [-0.2, -0.15) is 0 Å². The smallest absolute Gasteiger partial charge is 0.251 e. The Hall–Kier alpha value is -2.53. The quantitative estimate of drug-likeness (QED) is 0.884. The van der Waals surface area contributed by atoms with Crippen LogP contribution in [0.1, 0.15) is 27.9 Å². The van der Waals surface area contributed by atoms with Gasteiger partial charge in [-0.05, 0) is 48.2 Å². The van der Waals surface area contributed by atoms with Crippen LogP contribution in [0.4, 0.5) is 0 Å². The first-order chi connectivity index (χ1) is 11.6. The lowest BCUT2D eigenvalue weighted by Crippen LogP contribution is -2.39. The molecule has 126 valence electrons. The molecule has 0 saturated heterocycles. The summed E-state index contributed by atoms with van der Waals surface area (Å²) in [6, 6.07) is 12.7. The van der Waals surface area contributed by atoms with Gasteiger partial charge in [0.1, 0.15) is 5.60 Å². The molecule has 1 unspecified atom stereocenters. The number of ether oxygens (including phenoxy) is 2. The van der Waals surface area contributed by atoms with E-state index in [4.69, 9.17) is 9.47 Å². The van der Waals surface area contributed by atoms with E-state index in [1.54, 1.807) is 32.4 Å². The Labute approximate surface area is 141 Å². The van der Waals surface area contributed by atoms with Crippen LogP contribution in [-0.4, -0.2) is 31.8 Å². The molecule has 5 heteroatoms. The highest BCUT2D eigenvalue weighted by Crippen LogP contribution is 2.42. The Morgan fingerprint density at radius 1 is 1.17 bits per heavy atom. The zero-order valence-corrected chi connectivity index (χ0v) is 13.8. The lowest BCUT2D eigenvalue weighted by Gasteiger charge is -2.25. The molecule has 0 aromatic heterocycles. The van der Waals surface area contributed by atoms with Crippen molar-refractivity contribution in [1.82, 2.24) is 5.32 Å². The number of methoxy groups -OCH3 is 2. The minimum atomic E-state index is -1.10. The second-order valence-electron chi connectivity index (χ2n) is 5.94. The Morgan fingerprint density at radius 3 is 2.50 bits per heavy atom. The number of benzene rings is 2. The number of hydrogen-bond donors (Lipinski definition) is 2. The Balaban J connectivity index is 1.80. The molecule has 0 spiro atoms. The first-order valence-electron chi connectivity index (χ1n) is 7.88. The third kappa shape index (κ3) is 2.95. The van der Waals surface area contributed by atoms with Gasteiger partial charge < -0.3 is 19.9 Å². The molecule has 0 radical (unpaired) electrons. The number of carbonyl (C=O) groups excluding carboxylic acids is 1. The zero-order valence-electron chi connectivity index (χ0n) is 13.8. The van der Waals surface area contributed by atoms with Crippen molar-refractivity contribution < 1.29 is 19.4 Å². The van der Waals surface area contributed by atoms with Crippen LogP contribution in [0, 0.1) is 0 Å². The van der Waals surface area contributed by atoms with Gasteiger partial charge in [-0.15, -0.1) is 0 Å². The molecule has 0 fully saturated rings. The molecule has 1 aliphatic rings. The Morgan fingerprint density at radius 2 is 1.83 bits per heavy atom. The van der Waals surface area contributed by atoms with Crippen molar-refractivity contribution in [2.24, 2.45) is 0 Å². The van der Waals surface area contributed by atoms with Crippen LogP contribution < -0.4 is 14.8 Å². The molecule has 3 rings (SSSR count). The summed E-state index contributed by atoms with van der Waals surface area (Å²) in [4.78, 5) is 12.2. The minimum absolute atomic E-state index is 0.156. The number of nitrogens with one attached hydrogen (secondary N) is 1. The van der Waals surface area contributed by atoms with Gasteiger partial charge in [0.15, 0.2) is 11.5 Å². The summed E-state index contributed by atoms with van der Waals surface area (Å²) in [7, 11) is 3.15. The molecule has 2 aromatic carbocycles. The molecule has 0 bridgehead atoms. The molecular formula is C19H21NO4. The topological polar surface area (TPSA) is 67.8 Å². The van der Waals surface area contributed by atoms with Crippen LogP contribution in [0.5, 0.6) is 11.5 Å². The molecule has 5 nitrogen and oxygen atoms in total. The highest BCUT2D eigenvalue weighted by Gasteiger charge is 2.38. The third-order valence-corrected chi connectivity index (χ3v) is 4.50. The number of aliphatic hydroxyl groups is 1. The number of rotatable bonds is 5. The zero-order chi connectivity index (χ0) is 17.2. The fourth-order valence-corrected chi connectivity index (χ4v) is 3.14. The first kappa shape index (κ1) is 16.3. The molecule has 0 aliphatic heterocycles. The van der Waals surface area contributed by atoms with E-state index in [-0.39, 0.29) is 12.5 Å². The minimum Gasteiger partial charge on any atom is -0.493 e. The monoisotopic (exact) mass is 327 g/mol. The van der Waals surface area contributed by atoms with E-state index >= 15 is 0 Å². The standard InChI is InChI=1S/C19H21NO4/c1-23-16-10-14-8-9-19(22,15(14)11-17(16)24-2)12-20-18(21)13-6-4-3-5-7-13/h3-7,10-11,22H,8-9,12H2,1-2H3,(H,20,21). The van der Waals surface area contributed by atoms with E-state index in [9.17, 15) is 9.90 Å². The Kier molecular flexibility index (Phi) is 4.44. The molecule has 0 saturated carbocycles. The summed E-state index contributed by atoms with van der Waals surface area (Å²) in [5.74, 6) is 1.03. The highest BCUT2D eigenvalue weighted by molar-refractivity contribution is 5.94. The largest absolute Gasteiger partial charge is 0.493 e. The number of fused-ring (bicyclic) bond motifs is 1. The fourth-order valence-electron chi connectivity index (χ4n) is 3.14. The van der Waals surface area contributed by atoms with E-state index in [1.807, 2.05) is 24.3 Å². The van der Waals surface area contributed by atoms with Crippen LogP contribution in [0.15, 0.2) is 42.5 Å². The van der Waals surface area contributed by atoms with Crippen LogP contribution in [-0.2, 0) is 12.0 Å². The van der Waals surface area contributed by atoms with Gasteiger partial charge in [0.05, 0.1) is 20.8 Å². The fraction of sp³-hybridized carbons (Fsp3) is 0.316. The third-order valence-electron chi connectivity index (χ3n) is 4.50. The normalized spacial score (nSPS) is 18.8. The van der Waals surface area contributed by atoms with Gasteiger partial charge in [0.25, 0.3) is 5.91 Å². The number of hydrogen-bond acceptors (Lipinski definition) is 4. The molecule has 1 amide bonds. The SMILES string of the molecule is COc1cc2c(cc1OC)C(O)(CNC(=O)c1ccccc1)CC2. The summed E-state index contributed by atoms with van der Waals surface area (Å²) >= 11 is 0. The molecule has 0 heterocycles. The van der Waals surface area contributed by atoms with Gasteiger partial charge in [0.2, 0.25) is 0 Å². The second-order valence-corrected chi connectivity index (χ2v) is 5.94. The van der Waals surface area contributed by atoms with Gasteiger partial charge >= 0.3 is 0 Å². The summed E-state index contributed by atoms with van der Waals surface area (Å²) in [6.45, 7) is 0.156. The van der Waals surface area contributed by atoms with E-state index < -0.39 is 5.60 Å². The maximum atomic E-state index is 12.2. The maximum absolute atomic E-state index is 12.2. The summed E-state index contributed by atoms with van der Waals surface area (Å²) in [6.07, 6.45) is 1.28. The molecule has 1 aliphatic carbocycles. The van der Waals surface area contributed by atoms with E-state index in [0.717, 1.165) is 17.5 Å². The van der Waals surface area contributed by atoms with E-state index in [1.165, 1.54) is 0 Å². The molecule has 2 N–H and O–H groups in total. The van der Waals surface area contributed by atoms with Gasteiger partial charge in [-0.3, -0.25) is 4.79 Å². The van der Waals surface area contributed by atoms with Gasteiger partial charge in [-0.1, -0.05) is 18.2 Å². The second kappa shape index (κ2) is 6.53. The highest BCUT2D eigenvalue weighted by atomic mass is 16.5. The van der Waals surface area contributed by atoms with Gasteiger partial charge in [-0.25, -0.2) is 0 Å². The van der Waals surface area contributed by atoms with Crippen molar-refractivity contribution in [3.05, 3.63) is 59.2 Å².